The second kappa shape index (κ2) is 4.85. The fourth-order valence-corrected chi connectivity index (χ4v) is 2.55. The molecule has 5 heteroatoms. The van der Waals surface area contributed by atoms with E-state index in [4.69, 9.17) is 11.6 Å². The summed E-state index contributed by atoms with van der Waals surface area (Å²) in [5.41, 5.74) is 1.82. The van der Waals surface area contributed by atoms with E-state index in [1.807, 2.05) is 13.0 Å². The molecule has 0 aliphatic rings. The van der Waals surface area contributed by atoms with Gasteiger partial charge in [-0.25, -0.2) is 0 Å². The molecule has 3 nitrogen and oxygen atoms in total. The van der Waals surface area contributed by atoms with Crippen molar-refractivity contribution in [2.75, 3.05) is 11.9 Å². The number of nitrogens with zero attached hydrogens (tertiary/aromatic N) is 2. The molecule has 0 spiro atoms. The number of amides is 1. The van der Waals surface area contributed by atoms with Crippen molar-refractivity contribution in [2.45, 2.75) is 6.92 Å². The minimum Gasteiger partial charge on any atom is -0.309 e. The summed E-state index contributed by atoms with van der Waals surface area (Å²) in [5, 5.41) is 2.34. The summed E-state index contributed by atoms with van der Waals surface area (Å²) in [6.07, 6.45) is 3.39. The summed E-state index contributed by atoms with van der Waals surface area (Å²) in [6.45, 7) is 1.95. The maximum atomic E-state index is 12.2. The lowest BCUT2D eigenvalue weighted by molar-refractivity contribution is 0.0996. The minimum atomic E-state index is -0.0713. The van der Waals surface area contributed by atoms with Crippen molar-refractivity contribution in [3.63, 3.8) is 0 Å². The van der Waals surface area contributed by atoms with E-state index in [0.717, 1.165) is 11.3 Å². The number of carbonyl (C=O) groups excluding carboxylic acids is 1. The molecule has 0 bridgehead atoms. The van der Waals surface area contributed by atoms with Gasteiger partial charge in [0.15, 0.2) is 0 Å². The molecule has 0 saturated heterocycles. The standard InChI is InChI=1S/C12H11ClN2OS/c1-8-3-4-14-6-10(8)15(2)12(16)11-5-9(13)7-17-11/h3-7H,1-2H3. The first-order valence-electron chi connectivity index (χ1n) is 5.02. The van der Waals surface area contributed by atoms with Gasteiger partial charge in [-0.1, -0.05) is 11.6 Å². The van der Waals surface area contributed by atoms with Crippen LogP contribution in [0.3, 0.4) is 0 Å². The van der Waals surface area contributed by atoms with Gasteiger partial charge in [-0.05, 0) is 24.6 Å². The lowest BCUT2D eigenvalue weighted by atomic mass is 10.2. The topological polar surface area (TPSA) is 33.2 Å². The van der Waals surface area contributed by atoms with Crippen molar-refractivity contribution in [3.05, 3.63) is 45.4 Å². The van der Waals surface area contributed by atoms with Crippen LogP contribution in [0, 0.1) is 6.92 Å². The molecule has 2 aromatic heterocycles. The highest BCUT2D eigenvalue weighted by Crippen LogP contribution is 2.24. The van der Waals surface area contributed by atoms with E-state index in [2.05, 4.69) is 4.98 Å². The number of halogens is 1. The Balaban J connectivity index is 2.29. The van der Waals surface area contributed by atoms with E-state index < -0.39 is 0 Å². The molecule has 0 aliphatic carbocycles. The third kappa shape index (κ3) is 2.48. The van der Waals surface area contributed by atoms with Crippen molar-refractivity contribution >= 4 is 34.5 Å². The summed E-state index contributed by atoms with van der Waals surface area (Å²) in [4.78, 5) is 18.4. The molecule has 2 aromatic rings. The lowest BCUT2D eigenvalue weighted by Crippen LogP contribution is -2.26. The van der Waals surface area contributed by atoms with E-state index in [1.54, 1.807) is 35.8 Å². The van der Waals surface area contributed by atoms with Crippen LogP contribution >= 0.6 is 22.9 Å². The Labute approximate surface area is 109 Å². The normalized spacial score (nSPS) is 10.3. The van der Waals surface area contributed by atoms with Crippen LogP contribution in [0.25, 0.3) is 0 Å². The Hall–Kier alpha value is -1.39. The monoisotopic (exact) mass is 266 g/mol. The van der Waals surface area contributed by atoms with Gasteiger partial charge >= 0.3 is 0 Å². The Bertz CT molecular complexity index is 553. The maximum Gasteiger partial charge on any atom is 0.268 e. The number of rotatable bonds is 2. The molecule has 0 aliphatic heterocycles. The average molecular weight is 267 g/mol. The summed E-state index contributed by atoms with van der Waals surface area (Å²) in [7, 11) is 1.74. The first kappa shape index (κ1) is 12.1. The third-order valence-electron chi connectivity index (χ3n) is 2.46. The van der Waals surface area contributed by atoms with Crippen molar-refractivity contribution in [3.8, 4) is 0 Å². The predicted molar refractivity (Wildman–Crippen MR) is 71.0 cm³/mol. The van der Waals surface area contributed by atoms with Crippen LogP contribution in [0.15, 0.2) is 29.9 Å². The van der Waals surface area contributed by atoms with Gasteiger partial charge in [-0.2, -0.15) is 0 Å². The van der Waals surface area contributed by atoms with Crippen molar-refractivity contribution < 1.29 is 4.79 Å². The number of pyridine rings is 1. The van der Waals surface area contributed by atoms with Gasteiger partial charge < -0.3 is 4.90 Å². The number of anilines is 1. The van der Waals surface area contributed by atoms with Gasteiger partial charge in [0, 0.05) is 18.6 Å². The highest BCUT2D eigenvalue weighted by molar-refractivity contribution is 7.12. The quantitative estimate of drug-likeness (QED) is 0.835. The SMILES string of the molecule is Cc1ccncc1N(C)C(=O)c1cc(Cl)cs1. The van der Waals surface area contributed by atoms with Crippen LogP contribution in [0.4, 0.5) is 5.69 Å². The van der Waals surface area contributed by atoms with Crippen molar-refractivity contribution in [1.29, 1.82) is 0 Å². The fraction of sp³-hybridized carbons (Fsp3) is 0.167. The third-order valence-corrected chi connectivity index (χ3v) is 3.72. The highest BCUT2D eigenvalue weighted by atomic mass is 35.5. The Morgan fingerprint density at radius 1 is 1.53 bits per heavy atom. The molecular formula is C12H11ClN2OS. The number of carbonyl (C=O) groups is 1. The van der Waals surface area contributed by atoms with E-state index in [0.29, 0.717) is 9.90 Å². The zero-order valence-corrected chi connectivity index (χ0v) is 11.0. The first-order chi connectivity index (χ1) is 8.09. The van der Waals surface area contributed by atoms with E-state index in [9.17, 15) is 4.79 Å². The molecule has 2 rings (SSSR count). The minimum absolute atomic E-state index is 0.0713. The highest BCUT2D eigenvalue weighted by Gasteiger charge is 2.16. The van der Waals surface area contributed by atoms with Gasteiger partial charge in [-0.3, -0.25) is 9.78 Å². The second-order valence-electron chi connectivity index (χ2n) is 3.66. The molecule has 1 amide bonds. The Morgan fingerprint density at radius 2 is 2.29 bits per heavy atom. The van der Waals surface area contributed by atoms with Crippen LogP contribution in [-0.4, -0.2) is 17.9 Å². The van der Waals surface area contributed by atoms with Gasteiger partial charge in [0.25, 0.3) is 5.91 Å². The van der Waals surface area contributed by atoms with Crippen molar-refractivity contribution in [1.82, 2.24) is 4.98 Å². The van der Waals surface area contributed by atoms with Crippen molar-refractivity contribution in [2.24, 2.45) is 0 Å². The van der Waals surface area contributed by atoms with Crippen LogP contribution in [0.5, 0.6) is 0 Å². The number of aromatic nitrogens is 1. The zero-order chi connectivity index (χ0) is 12.4. The first-order valence-corrected chi connectivity index (χ1v) is 6.28. The van der Waals surface area contributed by atoms with Crippen LogP contribution in [0.1, 0.15) is 15.2 Å². The van der Waals surface area contributed by atoms with Crippen LogP contribution in [-0.2, 0) is 0 Å². The molecule has 0 saturated carbocycles. The summed E-state index contributed by atoms with van der Waals surface area (Å²) < 4.78 is 0. The lowest BCUT2D eigenvalue weighted by Gasteiger charge is -2.17. The zero-order valence-electron chi connectivity index (χ0n) is 9.48. The van der Waals surface area contributed by atoms with Gasteiger partial charge in [0.1, 0.15) is 0 Å². The molecule has 0 atom stereocenters. The van der Waals surface area contributed by atoms with Crippen LogP contribution < -0.4 is 4.90 Å². The number of hydrogen-bond acceptors (Lipinski definition) is 3. The molecule has 0 N–H and O–H groups in total. The van der Waals surface area contributed by atoms with Gasteiger partial charge in [-0.15, -0.1) is 11.3 Å². The molecule has 0 aromatic carbocycles. The summed E-state index contributed by atoms with van der Waals surface area (Å²) >= 11 is 7.16. The maximum absolute atomic E-state index is 12.2. The molecule has 0 unspecified atom stereocenters. The van der Waals surface area contributed by atoms with Crippen LogP contribution in [0.2, 0.25) is 5.02 Å². The molecule has 17 heavy (non-hydrogen) atoms. The summed E-state index contributed by atoms with van der Waals surface area (Å²) in [5.74, 6) is -0.0713. The molecule has 88 valence electrons. The molecule has 2 heterocycles. The number of thiophene rings is 1. The summed E-state index contributed by atoms with van der Waals surface area (Å²) in [6, 6.07) is 3.55. The number of aryl methyl sites for hydroxylation is 1. The second-order valence-corrected chi connectivity index (χ2v) is 5.00. The number of hydrogen-bond donors (Lipinski definition) is 0. The van der Waals surface area contributed by atoms with Gasteiger partial charge in [0.2, 0.25) is 0 Å². The Morgan fingerprint density at radius 3 is 2.88 bits per heavy atom. The fourth-order valence-electron chi connectivity index (χ4n) is 1.51. The van der Waals surface area contributed by atoms with E-state index in [1.165, 1.54) is 11.3 Å². The largest absolute Gasteiger partial charge is 0.309 e. The molecule has 0 radical (unpaired) electrons. The van der Waals surface area contributed by atoms with Gasteiger partial charge in [0.05, 0.1) is 21.8 Å². The average Bonchev–Trinajstić information content (AvgIpc) is 2.75. The molecular weight excluding hydrogens is 256 g/mol. The predicted octanol–water partition coefficient (Wildman–Crippen LogP) is 3.38. The Kier molecular flexibility index (Phi) is 3.45. The van der Waals surface area contributed by atoms with E-state index in [-0.39, 0.29) is 5.91 Å². The smallest absolute Gasteiger partial charge is 0.268 e. The molecule has 0 fully saturated rings. The van der Waals surface area contributed by atoms with E-state index >= 15 is 0 Å².